The van der Waals surface area contributed by atoms with Crippen LogP contribution >= 0.6 is 0 Å². The fourth-order valence-electron chi connectivity index (χ4n) is 5.99. The molecule has 2 aliphatic carbocycles. The molecular weight excluding hydrogens is 340 g/mol. The Morgan fingerprint density at radius 2 is 2.04 bits per heavy atom. The summed E-state index contributed by atoms with van der Waals surface area (Å²) in [7, 11) is 3.77. The van der Waals surface area contributed by atoms with Crippen molar-refractivity contribution in [2.45, 2.75) is 43.8 Å². The molecular formula is C22H28N2O3. The van der Waals surface area contributed by atoms with Crippen molar-refractivity contribution in [1.29, 1.82) is 0 Å². The first-order chi connectivity index (χ1) is 13.1. The van der Waals surface area contributed by atoms with E-state index in [2.05, 4.69) is 31.3 Å². The van der Waals surface area contributed by atoms with E-state index in [1.54, 1.807) is 7.11 Å². The lowest BCUT2D eigenvalue weighted by molar-refractivity contribution is -0.232. The Morgan fingerprint density at radius 1 is 1.22 bits per heavy atom. The molecule has 5 rings (SSSR count). The van der Waals surface area contributed by atoms with E-state index in [4.69, 9.17) is 19.3 Å². The number of fused-ring (bicyclic) bond motifs is 3. The molecule has 1 aromatic carbocycles. The van der Waals surface area contributed by atoms with Crippen molar-refractivity contribution in [3.05, 3.63) is 47.3 Å². The quantitative estimate of drug-likeness (QED) is 0.814. The van der Waals surface area contributed by atoms with Gasteiger partial charge in [0.2, 0.25) is 0 Å². The van der Waals surface area contributed by atoms with Gasteiger partial charge in [-0.3, -0.25) is 4.68 Å². The molecule has 144 valence electrons. The predicted molar refractivity (Wildman–Crippen MR) is 102 cm³/mol. The van der Waals surface area contributed by atoms with Crippen molar-refractivity contribution < 1.29 is 14.2 Å². The summed E-state index contributed by atoms with van der Waals surface area (Å²) in [5, 5.41) is 4.98. The van der Waals surface area contributed by atoms with E-state index in [-0.39, 0.29) is 5.41 Å². The molecule has 2 fully saturated rings. The van der Waals surface area contributed by atoms with Crippen LogP contribution in [0.2, 0.25) is 0 Å². The molecule has 2 heterocycles. The molecule has 2 aromatic rings. The molecule has 5 nitrogen and oxygen atoms in total. The van der Waals surface area contributed by atoms with Crippen molar-refractivity contribution >= 4 is 0 Å². The average molecular weight is 368 g/mol. The topological polar surface area (TPSA) is 45.5 Å². The highest BCUT2D eigenvalue weighted by molar-refractivity contribution is 5.46. The Labute approximate surface area is 160 Å². The zero-order chi connectivity index (χ0) is 18.6. The lowest BCUT2D eigenvalue weighted by Gasteiger charge is -2.55. The zero-order valence-corrected chi connectivity index (χ0v) is 16.4. The van der Waals surface area contributed by atoms with Gasteiger partial charge >= 0.3 is 0 Å². The second-order valence-electron chi connectivity index (χ2n) is 8.32. The molecule has 1 saturated heterocycles. The molecule has 27 heavy (non-hydrogen) atoms. The van der Waals surface area contributed by atoms with E-state index in [0.717, 1.165) is 31.4 Å². The first kappa shape index (κ1) is 17.3. The Balaban J connectivity index is 1.69. The predicted octanol–water partition coefficient (Wildman–Crippen LogP) is 3.45. The van der Waals surface area contributed by atoms with Crippen LogP contribution in [0.4, 0.5) is 0 Å². The number of rotatable bonds is 2. The van der Waals surface area contributed by atoms with Crippen LogP contribution in [-0.4, -0.2) is 35.9 Å². The Morgan fingerprint density at radius 3 is 2.81 bits per heavy atom. The molecule has 1 saturated carbocycles. The average Bonchev–Trinajstić information content (AvgIpc) is 3.31. The lowest BCUT2D eigenvalue weighted by atomic mass is 9.52. The van der Waals surface area contributed by atoms with E-state index in [1.807, 2.05) is 17.8 Å². The summed E-state index contributed by atoms with van der Waals surface area (Å²) in [6.07, 6.45) is 6.29. The van der Waals surface area contributed by atoms with Crippen LogP contribution in [0, 0.1) is 11.8 Å². The SMILES string of the molecule is COc1cccc(C23CCC4(OCCO4)C(C)C2CCc2cn(C)nc23)c1. The number of methoxy groups -OCH3 is 1. The summed E-state index contributed by atoms with van der Waals surface area (Å²) in [5.41, 5.74) is 3.83. The molecule has 0 amide bonds. The fourth-order valence-corrected chi connectivity index (χ4v) is 5.99. The summed E-state index contributed by atoms with van der Waals surface area (Å²) in [6, 6.07) is 8.58. The summed E-state index contributed by atoms with van der Waals surface area (Å²) in [6.45, 7) is 3.73. The maximum Gasteiger partial charge on any atom is 0.171 e. The van der Waals surface area contributed by atoms with Gasteiger partial charge in [-0.15, -0.1) is 0 Å². The minimum absolute atomic E-state index is 0.108. The van der Waals surface area contributed by atoms with E-state index >= 15 is 0 Å². The third kappa shape index (κ3) is 2.34. The van der Waals surface area contributed by atoms with Gasteiger partial charge in [-0.05, 0) is 48.4 Å². The van der Waals surface area contributed by atoms with Crippen molar-refractivity contribution in [2.24, 2.45) is 18.9 Å². The molecule has 1 aliphatic heterocycles. The first-order valence-corrected chi connectivity index (χ1v) is 10.0. The van der Waals surface area contributed by atoms with Crippen LogP contribution < -0.4 is 4.74 Å². The highest BCUT2D eigenvalue weighted by Crippen LogP contribution is 2.59. The summed E-state index contributed by atoms with van der Waals surface area (Å²) < 4.78 is 19.9. The molecule has 3 unspecified atom stereocenters. The van der Waals surface area contributed by atoms with Crippen LogP contribution in [0.5, 0.6) is 5.75 Å². The smallest absolute Gasteiger partial charge is 0.171 e. The largest absolute Gasteiger partial charge is 0.497 e. The zero-order valence-electron chi connectivity index (χ0n) is 16.4. The second-order valence-corrected chi connectivity index (χ2v) is 8.32. The van der Waals surface area contributed by atoms with Gasteiger partial charge in [-0.1, -0.05) is 19.1 Å². The maximum atomic E-state index is 6.19. The van der Waals surface area contributed by atoms with Crippen LogP contribution in [0.25, 0.3) is 0 Å². The van der Waals surface area contributed by atoms with E-state index in [0.29, 0.717) is 25.0 Å². The van der Waals surface area contributed by atoms with E-state index < -0.39 is 5.79 Å². The summed E-state index contributed by atoms with van der Waals surface area (Å²) >= 11 is 0. The van der Waals surface area contributed by atoms with Crippen molar-refractivity contribution in [1.82, 2.24) is 9.78 Å². The fraction of sp³-hybridized carbons (Fsp3) is 0.591. The minimum atomic E-state index is -0.417. The van der Waals surface area contributed by atoms with Gasteiger partial charge in [-0.25, -0.2) is 0 Å². The van der Waals surface area contributed by atoms with E-state index in [1.165, 1.54) is 16.8 Å². The Kier molecular flexibility index (Phi) is 3.89. The second kappa shape index (κ2) is 6.08. The molecule has 3 atom stereocenters. The van der Waals surface area contributed by atoms with Gasteiger partial charge in [0.15, 0.2) is 5.79 Å². The van der Waals surface area contributed by atoms with Crippen molar-refractivity contribution in [3.8, 4) is 5.75 Å². The summed E-state index contributed by atoms with van der Waals surface area (Å²) in [5.74, 6) is 1.23. The van der Waals surface area contributed by atoms with Gasteiger partial charge in [0.1, 0.15) is 5.75 Å². The Bertz CT molecular complexity index is 855. The molecule has 1 spiro atoms. The number of benzene rings is 1. The maximum absolute atomic E-state index is 6.19. The molecule has 3 aliphatic rings. The van der Waals surface area contributed by atoms with Gasteiger partial charge in [0.05, 0.1) is 26.0 Å². The monoisotopic (exact) mass is 368 g/mol. The molecule has 0 N–H and O–H groups in total. The standard InChI is InChI=1S/C22H28N2O3/c1-15-19-8-7-16-14-24(2)23-20(16)21(19,9-10-22(15)26-11-12-27-22)17-5-4-6-18(13-17)25-3/h4-6,13-15,19H,7-12H2,1-3H3. The summed E-state index contributed by atoms with van der Waals surface area (Å²) in [4.78, 5) is 0. The van der Waals surface area contributed by atoms with Crippen LogP contribution in [0.1, 0.15) is 43.0 Å². The molecule has 5 heteroatoms. The van der Waals surface area contributed by atoms with E-state index in [9.17, 15) is 0 Å². The van der Waals surface area contributed by atoms with Gasteiger partial charge < -0.3 is 14.2 Å². The minimum Gasteiger partial charge on any atom is -0.497 e. The van der Waals surface area contributed by atoms with Gasteiger partial charge in [-0.2, -0.15) is 5.10 Å². The number of nitrogens with zero attached hydrogens (tertiary/aromatic N) is 2. The normalized spacial score (nSPS) is 31.5. The molecule has 0 bridgehead atoms. The lowest BCUT2D eigenvalue weighted by Crippen LogP contribution is -2.56. The number of ether oxygens (including phenoxy) is 3. The highest BCUT2D eigenvalue weighted by Gasteiger charge is 2.60. The van der Waals surface area contributed by atoms with Crippen LogP contribution in [-0.2, 0) is 28.4 Å². The molecule has 0 radical (unpaired) electrons. The van der Waals surface area contributed by atoms with Gasteiger partial charge in [0.25, 0.3) is 0 Å². The first-order valence-electron chi connectivity index (χ1n) is 10.0. The van der Waals surface area contributed by atoms with Crippen molar-refractivity contribution in [2.75, 3.05) is 20.3 Å². The van der Waals surface area contributed by atoms with Gasteiger partial charge in [0, 0.05) is 31.0 Å². The number of hydrogen-bond donors (Lipinski definition) is 0. The van der Waals surface area contributed by atoms with Crippen LogP contribution in [0.3, 0.4) is 0 Å². The third-order valence-corrected chi connectivity index (χ3v) is 7.21. The third-order valence-electron chi connectivity index (χ3n) is 7.21. The number of hydrogen-bond acceptors (Lipinski definition) is 4. The van der Waals surface area contributed by atoms with Crippen LogP contribution in [0.15, 0.2) is 30.5 Å². The highest BCUT2D eigenvalue weighted by atomic mass is 16.7. The Hall–Kier alpha value is -1.85. The molecule has 1 aromatic heterocycles. The number of aryl methyl sites for hydroxylation is 2. The van der Waals surface area contributed by atoms with Crippen molar-refractivity contribution in [3.63, 3.8) is 0 Å². The number of aromatic nitrogens is 2.